The average Bonchev–Trinajstić information content (AvgIpc) is 2.86. The Kier molecular flexibility index (Phi) is 5.46. The number of halogens is 2. The smallest absolute Gasteiger partial charge is 0.309 e. The third kappa shape index (κ3) is 4.14. The number of hydrogen-bond acceptors (Lipinski definition) is 4. The number of fused-ring (bicyclic) bond motifs is 1. The highest BCUT2D eigenvalue weighted by Crippen LogP contribution is 2.27. The summed E-state index contributed by atoms with van der Waals surface area (Å²) < 4.78 is 31.0. The van der Waals surface area contributed by atoms with Crippen molar-refractivity contribution in [3.63, 3.8) is 0 Å². The molecule has 1 aromatic heterocycles. The number of nitrogens with zero attached hydrogens (tertiary/aromatic N) is 2. The Bertz CT molecular complexity index is 1060. The molecule has 0 aliphatic rings. The van der Waals surface area contributed by atoms with E-state index in [9.17, 15) is 8.42 Å². The predicted octanol–water partition coefficient (Wildman–Crippen LogP) is 4.82. The van der Waals surface area contributed by atoms with Crippen LogP contribution in [0.15, 0.2) is 36.4 Å². The molecule has 26 heavy (non-hydrogen) atoms. The maximum Gasteiger partial charge on any atom is 0.309 e. The van der Waals surface area contributed by atoms with E-state index in [2.05, 4.69) is 4.98 Å². The molecule has 0 aliphatic heterocycles. The van der Waals surface area contributed by atoms with Crippen molar-refractivity contribution in [3.05, 3.63) is 57.8 Å². The van der Waals surface area contributed by atoms with Crippen LogP contribution < -0.4 is 4.18 Å². The van der Waals surface area contributed by atoms with Gasteiger partial charge >= 0.3 is 10.1 Å². The van der Waals surface area contributed by atoms with Gasteiger partial charge in [0, 0.05) is 16.1 Å². The van der Waals surface area contributed by atoms with Gasteiger partial charge in [0.05, 0.1) is 23.3 Å². The van der Waals surface area contributed by atoms with E-state index in [1.807, 2.05) is 11.5 Å². The van der Waals surface area contributed by atoms with Gasteiger partial charge in [-0.15, -0.1) is 0 Å². The van der Waals surface area contributed by atoms with Crippen molar-refractivity contribution in [1.82, 2.24) is 9.55 Å². The second-order valence-corrected chi connectivity index (χ2v) is 8.51. The van der Waals surface area contributed by atoms with Crippen LogP contribution in [0.1, 0.15) is 24.7 Å². The van der Waals surface area contributed by atoms with Crippen LogP contribution in [0.3, 0.4) is 0 Å². The van der Waals surface area contributed by atoms with Gasteiger partial charge in [-0.25, -0.2) is 4.98 Å². The number of hydrogen-bond donors (Lipinski definition) is 0. The van der Waals surface area contributed by atoms with Crippen LogP contribution in [0.2, 0.25) is 10.0 Å². The van der Waals surface area contributed by atoms with Crippen LogP contribution in [0.4, 0.5) is 0 Å². The van der Waals surface area contributed by atoms with Crippen LogP contribution in [0, 0.1) is 6.92 Å². The van der Waals surface area contributed by atoms with Gasteiger partial charge in [0.25, 0.3) is 0 Å². The summed E-state index contributed by atoms with van der Waals surface area (Å²) in [7, 11) is -3.60. The monoisotopic (exact) mass is 412 g/mol. The molecule has 8 heteroatoms. The quantitative estimate of drug-likeness (QED) is 0.544. The van der Waals surface area contributed by atoms with Crippen molar-refractivity contribution in [2.75, 3.05) is 5.75 Å². The zero-order chi connectivity index (χ0) is 18.9. The van der Waals surface area contributed by atoms with E-state index in [0.29, 0.717) is 23.0 Å². The zero-order valence-corrected chi connectivity index (χ0v) is 16.7. The summed E-state index contributed by atoms with van der Waals surface area (Å²) in [6.45, 7) is 4.14. The van der Waals surface area contributed by atoms with Crippen LogP contribution in [-0.2, 0) is 16.7 Å². The fourth-order valence-electron chi connectivity index (χ4n) is 2.75. The molecule has 0 atom stereocenters. The Morgan fingerprint density at radius 1 is 1.15 bits per heavy atom. The fourth-order valence-corrected chi connectivity index (χ4v) is 4.10. The van der Waals surface area contributed by atoms with Crippen molar-refractivity contribution in [2.45, 2.75) is 26.8 Å². The summed E-state index contributed by atoms with van der Waals surface area (Å²) in [6, 6.07) is 10.3. The lowest BCUT2D eigenvalue weighted by Crippen LogP contribution is -2.13. The molecule has 0 saturated carbocycles. The Labute approximate surface area is 162 Å². The lowest BCUT2D eigenvalue weighted by molar-refractivity contribution is 0.485. The van der Waals surface area contributed by atoms with E-state index in [0.717, 1.165) is 22.4 Å². The van der Waals surface area contributed by atoms with E-state index < -0.39 is 10.1 Å². The first kappa shape index (κ1) is 19.0. The third-order valence-electron chi connectivity index (χ3n) is 3.92. The van der Waals surface area contributed by atoms with E-state index in [-0.39, 0.29) is 11.5 Å². The van der Waals surface area contributed by atoms with Gasteiger partial charge in [-0.3, -0.25) is 0 Å². The zero-order valence-electron chi connectivity index (χ0n) is 14.4. The minimum Gasteiger partial charge on any atom is -0.382 e. The Morgan fingerprint density at radius 3 is 2.65 bits per heavy atom. The molecular weight excluding hydrogens is 395 g/mol. The number of imidazole rings is 1. The predicted molar refractivity (Wildman–Crippen MR) is 105 cm³/mol. The van der Waals surface area contributed by atoms with Crippen LogP contribution in [0.5, 0.6) is 5.75 Å². The van der Waals surface area contributed by atoms with E-state index >= 15 is 0 Å². The molecule has 0 aliphatic carbocycles. The molecular formula is C18H18Cl2N2O3S. The highest BCUT2D eigenvalue weighted by molar-refractivity contribution is 7.87. The van der Waals surface area contributed by atoms with Gasteiger partial charge in [-0.1, -0.05) is 30.1 Å². The highest BCUT2D eigenvalue weighted by atomic mass is 35.5. The van der Waals surface area contributed by atoms with Crippen molar-refractivity contribution in [2.24, 2.45) is 0 Å². The normalized spacial score (nSPS) is 11.8. The molecule has 0 saturated heterocycles. The summed E-state index contributed by atoms with van der Waals surface area (Å²) in [5.74, 6) is 1.02. The Balaban J connectivity index is 2.01. The van der Waals surface area contributed by atoms with Gasteiger partial charge < -0.3 is 8.75 Å². The maximum atomic E-state index is 11.9. The first-order chi connectivity index (χ1) is 12.3. The average molecular weight is 413 g/mol. The molecule has 0 fully saturated rings. The summed E-state index contributed by atoms with van der Waals surface area (Å²) in [6.07, 6.45) is 0.495. The molecule has 2 aromatic carbocycles. The highest BCUT2D eigenvalue weighted by Gasteiger charge is 2.15. The first-order valence-corrected chi connectivity index (χ1v) is 10.5. The van der Waals surface area contributed by atoms with E-state index in [1.54, 1.807) is 43.3 Å². The van der Waals surface area contributed by atoms with Crippen molar-refractivity contribution >= 4 is 44.4 Å². The molecule has 0 N–H and O–H groups in total. The Hall–Kier alpha value is -1.76. The van der Waals surface area contributed by atoms with Crippen LogP contribution >= 0.6 is 23.2 Å². The SMILES string of the molecule is CCCS(=O)(=O)Oc1ccc2nc(C)n(Cc3cc(Cl)ccc3Cl)c2c1. The minimum atomic E-state index is -3.60. The molecule has 0 amide bonds. The minimum absolute atomic E-state index is 0.0263. The van der Waals surface area contributed by atoms with Gasteiger partial charge in [0.15, 0.2) is 0 Å². The van der Waals surface area contributed by atoms with Gasteiger partial charge in [0.1, 0.15) is 11.6 Å². The fraction of sp³-hybridized carbons (Fsp3) is 0.278. The summed E-state index contributed by atoms with van der Waals surface area (Å²) in [4.78, 5) is 4.52. The van der Waals surface area contributed by atoms with Crippen LogP contribution in [0.25, 0.3) is 11.0 Å². The van der Waals surface area contributed by atoms with Crippen molar-refractivity contribution in [3.8, 4) is 5.75 Å². The number of aryl methyl sites for hydroxylation is 1. The largest absolute Gasteiger partial charge is 0.382 e. The van der Waals surface area contributed by atoms with Gasteiger partial charge in [-0.05, 0) is 49.2 Å². The number of benzene rings is 2. The molecule has 0 unspecified atom stereocenters. The summed E-state index contributed by atoms with van der Waals surface area (Å²) in [5.41, 5.74) is 2.37. The van der Waals surface area contributed by atoms with Crippen molar-refractivity contribution in [1.29, 1.82) is 0 Å². The number of rotatable bonds is 6. The third-order valence-corrected chi connectivity index (χ3v) is 5.88. The van der Waals surface area contributed by atoms with Gasteiger partial charge in [0.2, 0.25) is 0 Å². The maximum absolute atomic E-state index is 11.9. The van der Waals surface area contributed by atoms with Crippen LogP contribution in [-0.4, -0.2) is 23.7 Å². The second-order valence-electron chi connectivity index (χ2n) is 5.98. The first-order valence-electron chi connectivity index (χ1n) is 8.12. The van der Waals surface area contributed by atoms with E-state index in [4.69, 9.17) is 27.4 Å². The summed E-state index contributed by atoms with van der Waals surface area (Å²) in [5, 5.41) is 1.20. The molecule has 0 radical (unpaired) electrons. The molecule has 0 bridgehead atoms. The lowest BCUT2D eigenvalue weighted by atomic mass is 10.2. The molecule has 3 aromatic rings. The molecule has 0 spiro atoms. The van der Waals surface area contributed by atoms with Crippen molar-refractivity contribution < 1.29 is 12.6 Å². The standard InChI is InChI=1S/C18H18Cl2N2O3S/c1-3-8-26(23,24)25-15-5-7-17-18(10-15)22(12(2)21-17)11-13-9-14(19)4-6-16(13)20/h4-7,9-10H,3,8,11H2,1-2H3. The molecule has 1 heterocycles. The summed E-state index contributed by atoms with van der Waals surface area (Å²) >= 11 is 12.3. The Morgan fingerprint density at radius 2 is 1.92 bits per heavy atom. The second kappa shape index (κ2) is 7.47. The molecule has 5 nitrogen and oxygen atoms in total. The molecule has 3 rings (SSSR count). The molecule has 138 valence electrons. The number of aromatic nitrogens is 2. The van der Waals surface area contributed by atoms with E-state index in [1.165, 1.54) is 0 Å². The topological polar surface area (TPSA) is 61.2 Å². The van der Waals surface area contributed by atoms with Gasteiger partial charge in [-0.2, -0.15) is 8.42 Å². The lowest BCUT2D eigenvalue weighted by Gasteiger charge is -2.10.